The molecule has 4 aromatic rings. The molecule has 0 aliphatic heterocycles. The summed E-state index contributed by atoms with van der Waals surface area (Å²) in [7, 11) is 1.66. The van der Waals surface area contributed by atoms with Gasteiger partial charge in [0.1, 0.15) is 5.75 Å². The van der Waals surface area contributed by atoms with Gasteiger partial charge in [-0.2, -0.15) is 0 Å². The number of hydrogen-bond donors (Lipinski definition) is 0. The molecule has 0 aliphatic carbocycles. The summed E-state index contributed by atoms with van der Waals surface area (Å²) < 4.78 is 7.49. The highest BCUT2D eigenvalue weighted by Crippen LogP contribution is 2.33. The van der Waals surface area contributed by atoms with Gasteiger partial charge in [0.15, 0.2) is 10.8 Å². The van der Waals surface area contributed by atoms with Crippen LogP contribution in [0.25, 0.3) is 27.9 Å². The number of rotatable bonds is 2. The van der Waals surface area contributed by atoms with Gasteiger partial charge in [0.05, 0.1) is 30.0 Å². The second kappa shape index (κ2) is 5.00. The van der Waals surface area contributed by atoms with Crippen LogP contribution in [0, 0.1) is 0 Å². The Morgan fingerprint density at radius 1 is 1.05 bits per heavy atom. The van der Waals surface area contributed by atoms with Crippen molar-refractivity contribution in [1.82, 2.24) is 14.4 Å². The van der Waals surface area contributed by atoms with E-state index in [2.05, 4.69) is 9.97 Å². The maximum absolute atomic E-state index is 6.28. The number of para-hydroxylation sites is 3. The van der Waals surface area contributed by atoms with Gasteiger partial charge in [-0.3, -0.25) is 4.40 Å². The molecule has 0 N–H and O–H groups in total. The Labute approximate surface area is 132 Å². The third kappa shape index (κ3) is 1.84. The van der Waals surface area contributed by atoms with E-state index in [1.165, 1.54) is 0 Å². The van der Waals surface area contributed by atoms with E-state index in [0.717, 1.165) is 28.0 Å². The van der Waals surface area contributed by atoms with Crippen molar-refractivity contribution in [2.45, 2.75) is 0 Å². The molecule has 4 rings (SSSR count). The zero-order valence-corrected chi connectivity index (χ0v) is 12.6. The first kappa shape index (κ1) is 13.1. The number of fused-ring (bicyclic) bond motifs is 3. The van der Waals surface area contributed by atoms with Gasteiger partial charge < -0.3 is 4.74 Å². The minimum Gasteiger partial charge on any atom is -0.496 e. The summed E-state index contributed by atoms with van der Waals surface area (Å²) in [5.74, 6) is 0.793. The summed E-state index contributed by atoms with van der Waals surface area (Å²) in [5.41, 5.74) is 4.31. The van der Waals surface area contributed by atoms with E-state index < -0.39 is 0 Å². The Hall–Kier alpha value is -2.59. The number of halogens is 1. The van der Waals surface area contributed by atoms with Gasteiger partial charge in [0.25, 0.3) is 0 Å². The minimum atomic E-state index is 0.389. The van der Waals surface area contributed by atoms with Crippen LogP contribution >= 0.6 is 11.6 Å². The highest BCUT2D eigenvalue weighted by atomic mass is 35.5. The van der Waals surface area contributed by atoms with Crippen molar-refractivity contribution in [3.63, 3.8) is 0 Å². The highest BCUT2D eigenvalue weighted by molar-refractivity contribution is 6.32. The molecule has 0 radical (unpaired) electrons. The standard InChI is InChI=1S/C17H12ClN3O/c1-22-15-9-5-2-6-11(15)14-10-19-17-16(18)20-12-7-3-4-8-13(12)21(14)17/h2-10H,1H3. The van der Waals surface area contributed by atoms with Crippen LogP contribution in [0.4, 0.5) is 0 Å². The van der Waals surface area contributed by atoms with Crippen LogP contribution in [0.2, 0.25) is 5.15 Å². The molecule has 0 unspecified atom stereocenters. The smallest absolute Gasteiger partial charge is 0.175 e. The maximum Gasteiger partial charge on any atom is 0.175 e. The largest absolute Gasteiger partial charge is 0.496 e. The van der Waals surface area contributed by atoms with Crippen LogP contribution in [0.1, 0.15) is 0 Å². The summed E-state index contributed by atoms with van der Waals surface area (Å²) in [6.45, 7) is 0. The first-order chi connectivity index (χ1) is 10.8. The summed E-state index contributed by atoms with van der Waals surface area (Å²) in [4.78, 5) is 8.84. The summed E-state index contributed by atoms with van der Waals surface area (Å²) in [6, 6.07) is 15.7. The predicted molar refractivity (Wildman–Crippen MR) is 87.5 cm³/mol. The molecule has 0 amide bonds. The molecule has 108 valence electrons. The summed E-state index contributed by atoms with van der Waals surface area (Å²) in [6.07, 6.45) is 1.80. The maximum atomic E-state index is 6.28. The van der Waals surface area contributed by atoms with E-state index >= 15 is 0 Å². The third-order valence-corrected chi connectivity index (χ3v) is 3.92. The van der Waals surface area contributed by atoms with Crippen molar-refractivity contribution in [3.05, 3.63) is 59.9 Å². The monoisotopic (exact) mass is 309 g/mol. The fourth-order valence-corrected chi connectivity index (χ4v) is 2.92. The van der Waals surface area contributed by atoms with Crippen LogP contribution in [0.3, 0.4) is 0 Å². The highest BCUT2D eigenvalue weighted by Gasteiger charge is 2.15. The lowest BCUT2D eigenvalue weighted by molar-refractivity contribution is 0.416. The lowest BCUT2D eigenvalue weighted by atomic mass is 10.1. The fraction of sp³-hybridized carbons (Fsp3) is 0.0588. The zero-order valence-electron chi connectivity index (χ0n) is 11.8. The second-order valence-electron chi connectivity index (χ2n) is 4.89. The third-order valence-electron chi connectivity index (χ3n) is 3.67. The Kier molecular flexibility index (Phi) is 2.98. The van der Waals surface area contributed by atoms with Crippen molar-refractivity contribution < 1.29 is 4.74 Å². The molecule has 0 bridgehead atoms. The number of hydrogen-bond acceptors (Lipinski definition) is 3. The van der Waals surface area contributed by atoms with Gasteiger partial charge in [-0.25, -0.2) is 9.97 Å². The number of methoxy groups -OCH3 is 1. The molecule has 22 heavy (non-hydrogen) atoms. The Bertz CT molecular complexity index is 994. The molecule has 2 aromatic carbocycles. The molecule has 2 aromatic heterocycles. The van der Waals surface area contributed by atoms with Crippen molar-refractivity contribution >= 4 is 28.3 Å². The topological polar surface area (TPSA) is 39.4 Å². The number of imidazole rings is 1. The lowest BCUT2D eigenvalue weighted by Gasteiger charge is -2.10. The number of benzene rings is 2. The van der Waals surface area contributed by atoms with E-state index in [1.807, 2.05) is 52.9 Å². The number of ether oxygens (including phenoxy) is 1. The van der Waals surface area contributed by atoms with E-state index in [4.69, 9.17) is 16.3 Å². The van der Waals surface area contributed by atoms with E-state index in [1.54, 1.807) is 13.3 Å². The fourth-order valence-electron chi connectivity index (χ4n) is 2.69. The Morgan fingerprint density at radius 3 is 2.68 bits per heavy atom. The lowest BCUT2D eigenvalue weighted by Crippen LogP contribution is -1.96. The minimum absolute atomic E-state index is 0.389. The van der Waals surface area contributed by atoms with Gasteiger partial charge in [-0.05, 0) is 24.3 Å². The van der Waals surface area contributed by atoms with Crippen molar-refractivity contribution in [1.29, 1.82) is 0 Å². The molecule has 5 heteroatoms. The van der Waals surface area contributed by atoms with Gasteiger partial charge >= 0.3 is 0 Å². The van der Waals surface area contributed by atoms with Crippen molar-refractivity contribution in [2.75, 3.05) is 7.11 Å². The predicted octanol–water partition coefficient (Wildman–Crippen LogP) is 4.21. The molecule has 0 saturated carbocycles. The van der Waals surface area contributed by atoms with Gasteiger partial charge in [0, 0.05) is 5.56 Å². The molecule has 4 nitrogen and oxygen atoms in total. The number of aromatic nitrogens is 3. The Morgan fingerprint density at radius 2 is 1.82 bits per heavy atom. The van der Waals surface area contributed by atoms with Crippen LogP contribution in [-0.2, 0) is 0 Å². The van der Waals surface area contributed by atoms with Gasteiger partial charge in [-0.15, -0.1) is 0 Å². The molecule has 0 aliphatic rings. The average molecular weight is 310 g/mol. The van der Waals surface area contributed by atoms with E-state index in [9.17, 15) is 0 Å². The molecule has 2 heterocycles. The van der Waals surface area contributed by atoms with Crippen LogP contribution in [-0.4, -0.2) is 21.5 Å². The molecule has 0 fully saturated rings. The van der Waals surface area contributed by atoms with Gasteiger partial charge in [-0.1, -0.05) is 35.9 Å². The Balaban J connectivity index is 2.16. The van der Waals surface area contributed by atoms with Crippen LogP contribution in [0.5, 0.6) is 5.75 Å². The van der Waals surface area contributed by atoms with Crippen LogP contribution < -0.4 is 4.74 Å². The summed E-state index contributed by atoms with van der Waals surface area (Å²) >= 11 is 6.28. The van der Waals surface area contributed by atoms with Gasteiger partial charge in [0.2, 0.25) is 0 Å². The van der Waals surface area contributed by atoms with Crippen LogP contribution in [0.15, 0.2) is 54.7 Å². The van der Waals surface area contributed by atoms with E-state index in [0.29, 0.717) is 10.8 Å². The van der Waals surface area contributed by atoms with E-state index in [-0.39, 0.29) is 0 Å². The first-order valence-corrected chi connectivity index (χ1v) is 7.22. The number of nitrogens with zero attached hydrogens (tertiary/aromatic N) is 3. The molecule has 0 spiro atoms. The molecular formula is C17H12ClN3O. The summed E-state index contributed by atoms with van der Waals surface area (Å²) in [5, 5.41) is 0.389. The second-order valence-corrected chi connectivity index (χ2v) is 5.25. The molecule has 0 atom stereocenters. The zero-order chi connectivity index (χ0) is 15.1. The molecular weight excluding hydrogens is 298 g/mol. The quantitative estimate of drug-likeness (QED) is 0.557. The van der Waals surface area contributed by atoms with Crippen molar-refractivity contribution in [2.24, 2.45) is 0 Å². The normalized spacial score (nSPS) is 11.2. The SMILES string of the molecule is COc1ccccc1-c1cnc2c(Cl)nc3ccccc3n12. The average Bonchev–Trinajstić information content (AvgIpc) is 3.00. The van der Waals surface area contributed by atoms with Crippen molar-refractivity contribution in [3.8, 4) is 17.0 Å². The first-order valence-electron chi connectivity index (χ1n) is 6.84. The molecule has 0 saturated heterocycles.